The zero-order valence-electron chi connectivity index (χ0n) is 11.2. The highest BCUT2D eigenvalue weighted by Crippen LogP contribution is 2.36. The van der Waals surface area contributed by atoms with Gasteiger partial charge in [-0.25, -0.2) is 0 Å². The minimum Gasteiger partial charge on any atom is -0.378 e. The molecule has 18 heavy (non-hydrogen) atoms. The SMILES string of the molecule is CC1CC(C(=O)NCC2(CCl)CCCCC2)CO1. The van der Waals surface area contributed by atoms with Crippen LogP contribution in [0, 0.1) is 11.3 Å². The Morgan fingerprint density at radius 1 is 1.39 bits per heavy atom. The van der Waals surface area contributed by atoms with Crippen molar-refractivity contribution < 1.29 is 9.53 Å². The van der Waals surface area contributed by atoms with Crippen molar-refractivity contribution in [2.75, 3.05) is 19.0 Å². The first kappa shape index (κ1) is 14.1. The Kier molecular flexibility index (Phi) is 4.91. The van der Waals surface area contributed by atoms with Crippen LogP contribution >= 0.6 is 11.6 Å². The normalized spacial score (nSPS) is 31.2. The number of carbonyl (C=O) groups excluding carboxylic acids is 1. The second-order valence-electron chi connectivity index (χ2n) is 5.99. The van der Waals surface area contributed by atoms with Crippen molar-refractivity contribution in [1.82, 2.24) is 5.32 Å². The van der Waals surface area contributed by atoms with Gasteiger partial charge >= 0.3 is 0 Å². The van der Waals surface area contributed by atoms with E-state index in [0.717, 1.165) is 25.8 Å². The van der Waals surface area contributed by atoms with E-state index in [2.05, 4.69) is 5.32 Å². The summed E-state index contributed by atoms with van der Waals surface area (Å²) in [6, 6.07) is 0. The maximum absolute atomic E-state index is 12.1. The molecule has 2 unspecified atom stereocenters. The zero-order valence-corrected chi connectivity index (χ0v) is 12.0. The molecule has 2 aliphatic rings. The van der Waals surface area contributed by atoms with E-state index in [1.807, 2.05) is 6.92 Å². The molecule has 0 spiro atoms. The van der Waals surface area contributed by atoms with Gasteiger partial charge in [0.05, 0.1) is 18.6 Å². The molecule has 1 N–H and O–H groups in total. The van der Waals surface area contributed by atoms with Gasteiger partial charge in [0.2, 0.25) is 5.91 Å². The van der Waals surface area contributed by atoms with Gasteiger partial charge in [0, 0.05) is 17.8 Å². The Morgan fingerprint density at radius 2 is 2.11 bits per heavy atom. The zero-order chi connectivity index (χ0) is 13.0. The van der Waals surface area contributed by atoms with Crippen molar-refractivity contribution in [2.24, 2.45) is 11.3 Å². The van der Waals surface area contributed by atoms with E-state index in [9.17, 15) is 4.79 Å². The molecule has 2 fully saturated rings. The molecule has 1 heterocycles. The summed E-state index contributed by atoms with van der Waals surface area (Å²) in [6.07, 6.45) is 7.15. The number of carbonyl (C=O) groups is 1. The lowest BCUT2D eigenvalue weighted by Crippen LogP contribution is -2.42. The Hall–Kier alpha value is -0.280. The van der Waals surface area contributed by atoms with Crippen LogP contribution in [0.4, 0.5) is 0 Å². The highest BCUT2D eigenvalue weighted by atomic mass is 35.5. The molecular weight excluding hydrogens is 250 g/mol. The van der Waals surface area contributed by atoms with Crippen molar-refractivity contribution in [3.8, 4) is 0 Å². The molecular formula is C14H24ClNO2. The van der Waals surface area contributed by atoms with E-state index in [4.69, 9.17) is 16.3 Å². The highest BCUT2D eigenvalue weighted by Gasteiger charge is 2.33. The molecule has 3 nitrogen and oxygen atoms in total. The molecule has 2 rings (SSSR count). The first-order valence-electron chi connectivity index (χ1n) is 7.10. The average molecular weight is 274 g/mol. The van der Waals surface area contributed by atoms with Crippen LogP contribution in [-0.2, 0) is 9.53 Å². The molecule has 2 atom stereocenters. The summed E-state index contributed by atoms with van der Waals surface area (Å²) in [5.41, 5.74) is 0.139. The van der Waals surface area contributed by atoms with Crippen molar-refractivity contribution in [1.29, 1.82) is 0 Å². The number of hydrogen-bond acceptors (Lipinski definition) is 2. The van der Waals surface area contributed by atoms with E-state index in [-0.39, 0.29) is 23.3 Å². The number of halogens is 1. The standard InChI is InChI=1S/C14H24ClNO2/c1-11-7-12(8-18-11)13(17)16-10-14(9-15)5-3-2-4-6-14/h11-12H,2-10H2,1H3,(H,16,17). The molecule has 104 valence electrons. The molecule has 0 radical (unpaired) electrons. The summed E-state index contributed by atoms with van der Waals surface area (Å²) in [5.74, 6) is 0.843. The van der Waals surface area contributed by atoms with Crippen LogP contribution in [-0.4, -0.2) is 31.0 Å². The summed E-state index contributed by atoms with van der Waals surface area (Å²) >= 11 is 6.13. The first-order chi connectivity index (χ1) is 8.65. The van der Waals surface area contributed by atoms with Crippen LogP contribution in [0.2, 0.25) is 0 Å². The molecule has 1 amide bonds. The maximum Gasteiger partial charge on any atom is 0.225 e. The van der Waals surface area contributed by atoms with Crippen LogP contribution in [0.15, 0.2) is 0 Å². The molecule has 1 saturated carbocycles. The van der Waals surface area contributed by atoms with Crippen LogP contribution in [0.3, 0.4) is 0 Å². The van der Waals surface area contributed by atoms with Gasteiger partial charge in [0.25, 0.3) is 0 Å². The van der Waals surface area contributed by atoms with Gasteiger partial charge in [-0.15, -0.1) is 11.6 Å². The van der Waals surface area contributed by atoms with Gasteiger partial charge in [0.1, 0.15) is 0 Å². The molecule has 1 saturated heterocycles. The molecule has 1 aliphatic heterocycles. The topological polar surface area (TPSA) is 38.3 Å². The number of ether oxygens (including phenoxy) is 1. The smallest absolute Gasteiger partial charge is 0.225 e. The Labute approximate surface area is 115 Å². The van der Waals surface area contributed by atoms with Gasteiger partial charge in [0.15, 0.2) is 0 Å². The van der Waals surface area contributed by atoms with E-state index < -0.39 is 0 Å². The Bertz CT molecular complexity index is 290. The van der Waals surface area contributed by atoms with Crippen molar-refractivity contribution in [3.63, 3.8) is 0 Å². The number of amides is 1. The molecule has 0 bridgehead atoms. The average Bonchev–Trinajstić information content (AvgIpc) is 2.84. The maximum atomic E-state index is 12.1. The van der Waals surface area contributed by atoms with Crippen molar-refractivity contribution in [3.05, 3.63) is 0 Å². The van der Waals surface area contributed by atoms with Crippen LogP contribution in [0.25, 0.3) is 0 Å². The second kappa shape index (κ2) is 6.25. The van der Waals surface area contributed by atoms with Crippen LogP contribution in [0.5, 0.6) is 0 Å². The Balaban J connectivity index is 1.80. The monoisotopic (exact) mass is 273 g/mol. The number of alkyl halides is 1. The lowest BCUT2D eigenvalue weighted by atomic mass is 9.75. The molecule has 0 aromatic carbocycles. The Morgan fingerprint density at radius 3 is 2.67 bits per heavy atom. The summed E-state index contributed by atoms with van der Waals surface area (Å²) < 4.78 is 5.44. The van der Waals surface area contributed by atoms with E-state index in [0.29, 0.717) is 12.5 Å². The quantitative estimate of drug-likeness (QED) is 0.800. The molecule has 1 aliphatic carbocycles. The number of hydrogen-bond donors (Lipinski definition) is 1. The number of rotatable bonds is 4. The summed E-state index contributed by atoms with van der Waals surface area (Å²) in [7, 11) is 0. The highest BCUT2D eigenvalue weighted by molar-refractivity contribution is 6.18. The van der Waals surface area contributed by atoms with E-state index in [1.54, 1.807) is 0 Å². The van der Waals surface area contributed by atoms with Gasteiger partial charge in [-0.3, -0.25) is 4.79 Å². The third-order valence-electron chi connectivity index (χ3n) is 4.40. The molecule has 0 aromatic heterocycles. The fraction of sp³-hybridized carbons (Fsp3) is 0.929. The fourth-order valence-electron chi connectivity index (χ4n) is 3.08. The van der Waals surface area contributed by atoms with E-state index >= 15 is 0 Å². The third kappa shape index (κ3) is 3.39. The largest absolute Gasteiger partial charge is 0.378 e. The first-order valence-corrected chi connectivity index (χ1v) is 7.64. The van der Waals surface area contributed by atoms with Gasteiger partial charge < -0.3 is 10.1 Å². The third-order valence-corrected chi connectivity index (χ3v) is 4.97. The minimum absolute atomic E-state index is 0.0379. The van der Waals surface area contributed by atoms with Gasteiger partial charge in [-0.1, -0.05) is 19.3 Å². The second-order valence-corrected chi connectivity index (χ2v) is 6.26. The van der Waals surface area contributed by atoms with Crippen molar-refractivity contribution in [2.45, 2.75) is 51.6 Å². The summed E-state index contributed by atoms with van der Waals surface area (Å²) in [5, 5.41) is 3.10. The molecule has 4 heteroatoms. The van der Waals surface area contributed by atoms with Gasteiger partial charge in [-0.2, -0.15) is 0 Å². The summed E-state index contributed by atoms with van der Waals surface area (Å²) in [6.45, 7) is 3.33. The predicted molar refractivity (Wildman–Crippen MR) is 72.8 cm³/mol. The number of nitrogens with one attached hydrogen (secondary N) is 1. The fourth-order valence-corrected chi connectivity index (χ4v) is 3.44. The summed E-state index contributed by atoms with van der Waals surface area (Å²) in [4.78, 5) is 12.1. The minimum atomic E-state index is 0.0379. The predicted octanol–water partition coefficient (Wildman–Crippen LogP) is 2.72. The lowest BCUT2D eigenvalue weighted by Gasteiger charge is -2.35. The molecule has 0 aromatic rings. The van der Waals surface area contributed by atoms with Crippen molar-refractivity contribution >= 4 is 17.5 Å². The lowest BCUT2D eigenvalue weighted by molar-refractivity contribution is -0.125. The van der Waals surface area contributed by atoms with Gasteiger partial charge in [-0.05, 0) is 26.2 Å². The van der Waals surface area contributed by atoms with Crippen LogP contribution in [0.1, 0.15) is 45.4 Å². The van der Waals surface area contributed by atoms with Crippen LogP contribution < -0.4 is 5.32 Å². The van der Waals surface area contributed by atoms with E-state index in [1.165, 1.54) is 19.3 Å².